The van der Waals surface area contributed by atoms with Crippen LogP contribution in [0.1, 0.15) is 48.8 Å². The number of carbonyl (C=O) groups excluding carboxylic acids is 1. The normalized spacial score (nSPS) is 28.2. The number of fused-ring (bicyclic) bond motifs is 1. The van der Waals surface area contributed by atoms with Crippen LogP contribution < -0.4 is 4.90 Å². The highest BCUT2D eigenvalue weighted by Crippen LogP contribution is 2.48. The second-order valence-corrected chi connectivity index (χ2v) is 9.05. The lowest BCUT2D eigenvalue weighted by atomic mass is 10.0. The third kappa shape index (κ3) is 3.69. The van der Waals surface area contributed by atoms with Crippen molar-refractivity contribution < 1.29 is 9.53 Å². The maximum atomic E-state index is 13.3. The molecule has 1 amide bonds. The molecule has 4 atom stereocenters. The molecule has 5 rings (SSSR count). The molecule has 2 aromatic rings. The molecule has 1 saturated heterocycles. The fourth-order valence-electron chi connectivity index (χ4n) is 5.09. The fourth-order valence-corrected chi connectivity index (χ4v) is 5.09. The minimum atomic E-state index is 0.118. The van der Waals surface area contributed by atoms with Gasteiger partial charge in [-0.25, -0.2) is 9.97 Å². The smallest absolute Gasteiger partial charge is 0.226 e. The van der Waals surface area contributed by atoms with E-state index in [0.717, 1.165) is 55.4 Å². The molecule has 3 aliphatic rings. The lowest BCUT2D eigenvalue weighted by molar-refractivity contribution is -0.133. The van der Waals surface area contributed by atoms with Gasteiger partial charge in [0, 0.05) is 37.5 Å². The monoisotopic (exact) mass is 406 g/mol. The second kappa shape index (κ2) is 7.65. The van der Waals surface area contributed by atoms with Crippen LogP contribution >= 0.6 is 0 Å². The number of ether oxygens (including phenoxy) is 1. The van der Waals surface area contributed by atoms with Crippen LogP contribution in [-0.2, 0) is 22.5 Å². The lowest BCUT2D eigenvalue weighted by Gasteiger charge is -2.39. The molecule has 0 bridgehead atoms. The summed E-state index contributed by atoms with van der Waals surface area (Å²) in [5.41, 5.74) is 3.51. The number of hydrogen-bond donors (Lipinski definition) is 0. The molecule has 2 aliphatic heterocycles. The Bertz CT molecular complexity index is 938. The van der Waals surface area contributed by atoms with Crippen molar-refractivity contribution in [2.24, 2.45) is 5.92 Å². The average Bonchev–Trinajstić information content (AvgIpc) is 3.53. The zero-order chi connectivity index (χ0) is 20.8. The quantitative estimate of drug-likeness (QED) is 0.784. The first kappa shape index (κ1) is 19.5. The Morgan fingerprint density at radius 3 is 2.57 bits per heavy atom. The highest BCUT2D eigenvalue weighted by atomic mass is 16.5. The highest BCUT2D eigenvalue weighted by molar-refractivity contribution is 5.83. The summed E-state index contributed by atoms with van der Waals surface area (Å²) in [7, 11) is 0. The average molecular weight is 407 g/mol. The standard InChI is InChI=1S/C24H30N4O2/c1-15-12-28(13-16(2)30-15)23-21-14-27(10-9-22(21)25-17(3)26-23)24(29)20-11-19(20)18-7-5-4-6-8-18/h4-8,15-16,19-20H,9-14H2,1-3H3/t15-,16-,19-,20+/m0/s1. The summed E-state index contributed by atoms with van der Waals surface area (Å²) in [6, 6.07) is 10.4. The van der Waals surface area contributed by atoms with Crippen LogP contribution in [0, 0.1) is 12.8 Å². The number of benzene rings is 1. The van der Waals surface area contributed by atoms with Crippen molar-refractivity contribution in [1.82, 2.24) is 14.9 Å². The van der Waals surface area contributed by atoms with Gasteiger partial charge in [-0.3, -0.25) is 4.79 Å². The molecule has 6 nitrogen and oxygen atoms in total. The van der Waals surface area contributed by atoms with E-state index >= 15 is 0 Å². The van der Waals surface area contributed by atoms with E-state index in [1.54, 1.807) is 0 Å². The van der Waals surface area contributed by atoms with Gasteiger partial charge >= 0.3 is 0 Å². The Hall–Kier alpha value is -2.47. The Balaban J connectivity index is 1.36. The summed E-state index contributed by atoms with van der Waals surface area (Å²) < 4.78 is 5.92. The predicted octanol–water partition coefficient (Wildman–Crippen LogP) is 3.09. The third-order valence-corrected chi connectivity index (χ3v) is 6.52. The van der Waals surface area contributed by atoms with E-state index in [2.05, 4.69) is 43.0 Å². The molecule has 2 fully saturated rings. The van der Waals surface area contributed by atoms with Crippen LogP contribution in [-0.4, -0.2) is 52.6 Å². The van der Waals surface area contributed by atoms with Crippen molar-refractivity contribution in [2.75, 3.05) is 24.5 Å². The molecule has 1 aliphatic carbocycles. The molecular formula is C24H30N4O2. The number of carbonyl (C=O) groups is 1. The van der Waals surface area contributed by atoms with Crippen molar-refractivity contribution in [1.29, 1.82) is 0 Å². The maximum absolute atomic E-state index is 13.3. The minimum Gasteiger partial charge on any atom is -0.372 e. The molecule has 6 heteroatoms. The Kier molecular flexibility index (Phi) is 4.97. The van der Waals surface area contributed by atoms with E-state index in [4.69, 9.17) is 14.7 Å². The topological polar surface area (TPSA) is 58.6 Å². The first-order chi connectivity index (χ1) is 14.5. The van der Waals surface area contributed by atoms with Crippen LogP contribution in [0.25, 0.3) is 0 Å². The molecule has 1 aromatic carbocycles. The number of nitrogens with zero attached hydrogens (tertiary/aromatic N) is 4. The van der Waals surface area contributed by atoms with Crippen LogP contribution in [0.3, 0.4) is 0 Å². The number of anilines is 1. The lowest BCUT2D eigenvalue weighted by Crippen LogP contribution is -2.47. The zero-order valence-electron chi connectivity index (χ0n) is 18.0. The highest BCUT2D eigenvalue weighted by Gasteiger charge is 2.46. The Labute approximate surface area is 178 Å². The van der Waals surface area contributed by atoms with Crippen LogP contribution in [0.15, 0.2) is 30.3 Å². The van der Waals surface area contributed by atoms with E-state index in [1.165, 1.54) is 5.56 Å². The van der Waals surface area contributed by atoms with Gasteiger partial charge in [0.25, 0.3) is 0 Å². The zero-order valence-corrected chi connectivity index (χ0v) is 18.0. The summed E-state index contributed by atoms with van der Waals surface area (Å²) in [6.07, 6.45) is 2.09. The van der Waals surface area contributed by atoms with Gasteiger partial charge in [-0.1, -0.05) is 30.3 Å². The number of hydrogen-bond acceptors (Lipinski definition) is 5. The summed E-state index contributed by atoms with van der Waals surface area (Å²) in [6.45, 7) is 9.17. The number of aromatic nitrogens is 2. The van der Waals surface area contributed by atoms with E-state index in [-0.39, 0.29) is 24.0 Å². The number of rotatable bonds is 3. The molecule has 1 aromatic heterocycles. The van der Waals surface area contributed by atoms with Crippen molar-refractivity contribution in [3.63, 3.8) is 0 Å². The fraction of sp³-hybridized carbons (Fsp3) is 0.542. The largest absolute Gasteiger partial charge is 0.372 e. The summed E-state index contributed by atoms with van der Waals surface area (Å²) in [5, 5.41) is 0. The third-order valence-electron chi connectivity index (χ3n) is 6.52. The van der Waals surface area contributed by atoms with E-state index in [9.17, 15) is 4.79 Å². The van der Waals surface area contributed by atoms with Gasteiger partial charge in [-0.2, -0.15) is 0 Å². The van der Waals surface area contributed by atoms with Crippen LogP contribution in [0.2, 0.25) is 0 Å². The molecule has 30 heavy (non-hydrogen) atoms. The van der Waals surface area contributed by atoms with Gasteiger partial charge in [-0.05, 0) is 38.7 Å². The number of aryl methyl sites for hydroxylation is 1. The predicted molar refractivity (Wildman–Crippen MR) is 115 cm³/mol. The minimum absolute atomic E-state index is 0.118. The maximum Gasteiger partial charge on any atom is 0.226 e. The SMILES string of the molecule is Cc1nc2c(c(N3C[C@H](C)O[C@@H](C)C3)n1)CN(C(=O)[C@@H]1C[C@H]1c1ccccc1)CC2. The van der Waals surface area contributed by atoms with E-state index in [0.29, 0.717) is 12.5 Å². The van der Waals surface area contributed by atoms with Crippen molar-refractivity contribution >= 4 is 11.7 Å². The Morgan fingerprint density at radius 2 is 1.83 bits per heavy atom. The van der Waals surface area contributed by atoms with Gasteiger partial charge < -0.3 is 14.5 Å². The summed E-state index contributed by atoms with van der Waals surface area (Å²) in [5.74, 6) is 2.57. The summed E-state index contributed by atoms with van der Waals surface area (Å²) >= 11 is 0. The molecule has 0 spiro atoms. The molecular weight excluding hydrogens is 376 g/mol. The molecule has 0 radical (unpaired) electrons. The molecule has 1 saturated carbocycles. The first-order valence-corrected chi connectivity index (χ1v) is 11.1. The van der Waals surface area contributed by atoms with Gasteiger partial charge in [0.2, 0.25) is 5.91 Å². The van der Waals surface area contributed by atoms with Gasteiger partial charge in [-0.15, -0.1) is 0 Å². The second-order valence-electron chi connectivity index (χ2n) is 9.05. The Morgan fingerprint density at radius 1 is 1.10 bits per heavy atom. The van der Waals surface area contributed by atoms with E-state index < -0.39 is 0 Å². The van der Waals surface area contributed by atoms with Crippen molar-refractivity contribution in [2.45, 2.75) is 58.3 Å². The van der Waals surface area contributed by atoms with Gasteiger partial charge in [0.1, 0.15) is 11.6 Å². The molecule has 0 N–H and O–H groups in total. The number of morpholine rings is 1. The van der Waals surface area contributed by atoms with Gasteiger partial charge in [0.05, 0.1) is 24.4 Å². The van der Waals surface area contributed by atoms with Crippen molar-refractivity contribution in [3.8, 4) is 0 Å². The first-order valence-electron chi connectivity index (χ1n) is 11.1. The van der Waals surface area contributed by atoms with E-state index in [1.807, 2.05) is 17.9 Å². The summed E-state index contributed by atoms with van der Waals surface area (Å²) in [4.78, 5) is 27.2. The molecule has 0 unspecified atom stereocenters. The number of amides is 1. The van der Waals surface area contributed by atoms with Crippen LogP contribution in [0.5, 0.6) is 0 Å². The molecule has 158 valence electrons. The van der Waals surface area contributed by atoms with Crippen molar-refractivity contribution in [3.05, 3.63) is 53.0 Å². The van der Waals surface area contributed by atoms with Crippen LogP contribution in [0.4, 0.5) is 5.82 Å². The molecule has 3 heterocycles. The van der Waals surface area contributed by atoms with Gasteiger partial charge in [0.15, 0.2) is 0 Å².